The smallest absolute Gasteiger partial charge is 0.322 e. The molecule has 0 radical (unpaired) electrons. The van der Waals surface area contributed by atoms with Gasteiger partial charge in [0.05, 0.1) is 0 Å². The minimum Gasteiger partial charge on any atom is -0.480 e. The molecular weight excluding hydrogens is 218 g/mol. The number of amides is 1. The van der Waals surface area contributed by atoms with E-state index in [0.717, 1.165) is 5.56 Å². The van der Waals surface area contributed by atoms with Gasteiger partial charge in [0.1, 0.15) is 6.54 Å². The van der Waals surface area contributed by atoms with Gasteiger partial charge in [-0.05, 0) is 19.1 Å². The molecule has 4 heteroatoms. The van der Waals surface area contributed by atoms with Crippen molar-refractivity contribution >= 4 is 11.9 Å². The number of carboxylic acid groups (broad SMARTS) is 1. The summed E-state index contributed by atoms with van der Waals surface area (Å²) in [4.78, 5) is 21.5. The zero-order valence-electron chi connectivity index (χ0n) is 10.5. The Hall–Kier alpha value is -1.84. The molecule has 0 aliphatic heterocycles. The molecule has 1 amide bonds. The molecule has 0 saturated heterocycles. The number of aliphatic carboxylic acids is 1. The Labute approximate surface area is 102 Å². The number of hydrogen-bond acceptors (Lipinski definition) is 2. The number of carbonyl (C=O) groups excluding carboxylic acids is 1. The first kappa shape index (κ1) is 15.2. The van der Waals surface area contributed by atoms with Crippen LogP contribution in [-0.4, -0.2) is 23.5 Å². The second kappa shape index (κ2) is 8.33. The molecule has 1 rings (SSSR count). The van der Waals surface area contributed by atoms with Crippen LogP contribution in [0, 0.1) is 6.92 Å². The molecule has 2 N–H and O–H groups in total. The molecule has 17 heavy (non-hydrogen) atoms. The topological polar surface area (TPSA) is 66.4 Å². The number of aryl methyl sites for hydroxylation is 1. The van der Waals surface area contributed by atoms with E-state index in [0.29, 0.717) is 5.56 Å². The molecule has 0 saturated carbocycles. The Kier molecular flexibility index (Phi) is 7.43. The molecule has 0 aliphatic rings. The Morgan fingerprint density at radius 3 is 2.35 bits per heavy atom. The average Bonchev–Trinajstić information content (AvgIpc) is 2.27. The number of rotatable bonds is 3. The van der Waals surface area contributed by atoms with Gasteiger partial charge in [0.2, 0.25) is 0 Å². The van der Waals surface area contributed by atoms with Crippen LogP contribution in [0.15, 0.2) is 24.3 Å². The largest absolute Gasteiger partial charge is 0.480 e. The maximum atomic E-state index is 11.3. The molecule has 1 aromatic rings. The van der Waals surface area contributed by atoms with Crippen molar-refractivity contribution in [3.8, 4) is 0 Å². The van der Waals surface area contributed by atoms with Gasteiger partial charge in [-0.1, -0.05) is 38.0 Å². The van der Waals surface area contributed by atoms with Gasteiger partial charge in [0.15, 0.2) is 0 Å². The summed E-state index contributed by atoms with van der Waals surface area (Å²) in [5.74, 6) is -1.41. The summed E-state index contributed by atoms with van der Waals surface area (Å²) in [5.41, 5.74) is 1.44. The van der Waals surface area contributed by atoms with Crippen LogP contribution < -0.4 is 5.32 Å². The van der Waals surface area contributed by atoms with Crippen LogP contribution in [0.25, 0.3) is 0 Å². The number of benzene rings is 1. The maximum absolute atomic E-state index is 11.3. The molecule has 0 bridgehead atoms. The summed E-state index contributed by atoms with van der Waals surface area (Å²) < 4.78 is 0. The summed E-state index contributed by atoms with van der Waals surface area (Å²) in [6.07, 6.45) is 1.25. The molecule has 0 heterocycles. The number of nitrogens with one attached hydrogen (secondary N) is 1. The summed E-state index contributed by atoms with van der Waals surface area (Å²) in [6, 6.07) is 6.97. The van der Waals surface area contributed by atoms with Crippen LogP contribution in [0.5, 0.6) is 0 Å². The van der Waals surface area contributed by atoms with E-state index in [9.17, 15) is 9.59 Å². The minimum atomic E-state index is -1.05. The van der Waals surface area contributed by atoms with Crippen molar-refractivity contribution in [2.75, 3.05) is 6.54 Å². The summed E-state index contributed by atoms with van der Waals surface area (Å²) >= 11 is 0. The molecular formula is C13H19NO3. The third-order valence-electron chi connectivity index (χ3n) is 1.68. The first-order valence-electron chi connectivity index (χ1n) is 5.57. The highest BCUT2D eigenvalue weighted by Crippen LogP contribution is 2.03. The van der Waals surface area contributed by atoms with Crippen molar-refractivity contribution in [1.29, 1.82) is 0 Å². The predicted molar refractivity (Wildman–Crippen MR) is 67.1 cm³/mol. The Morgan fingerprint density at radius 1 is 1.29 bits per heavy atom. The standard InChI is InChI=1S/C10H11NO3.C3H8/c1-7-3-2-4-8(5-7)10(14)11-6-9(12)13;1-3-2/h2-5H,6H2,1H3,(H,11,14)(H,12,13);3H2,1-2H3. The van der Waals surface area contributed by atoms with E-state index < -0.39 is 5.97 Å². The lowest BCUT2D eigenvalue weighted by Crippen LogP contribution is -2.29. The third kappa shape index (κ3) is 7.11. The van der Waals surface area contributed by atoms with E-state index in [1.54, 1.807) is 18.2 Å². The monoisotopic (exact) mass is 237 g/mol. The van der Waals surface area contributed by atoms with Crippen molar-refractivity contribution in [2.45, 2.75) is 27.2 Å². The molecule has 0 fully saturated rings. The van der Waals surface area contributed by atoms with Gasteiger partial charge >= 0.3 is 5.97 Å². The van der Waals surface area contributed by atoms with E-state index in [-0.39, 0.29) is 12.5 Å². The third-order valence-corrected chi connectivity index (χ3v) is 1.68. The predicted octanol–water partition coefficient (Wildman–Crippen LogP) is 2.23. The normalized spacial score (nSPS) is 8.88. The Bertz CT molecular complexity index is 375. The quantitative estimate of drug-likeness (QED) is 0.847. The van der Waals surface area contributed by atoms with Crippen molar-refractivity contribution in [1.82, 2.24) is 5.32 Å². The summed E-state index contributed by atoms with van der Waals surface area (Å²) in [6.45, 7) is 5.76. The van der Waals surface area contributed by atoms with E-state index in [4.69, 9.17) is 5.11 Å². The first-order chi connectivity index (χ1) is 8.01. The number of carbonyl (C=O) groups is 2. The Morgan fingerprint density at radius 2 is 1.88 bits per heavy atom. The second-order valence-electron chi connectivity index (χ2n) is 3.65. The number of carboxylic acids is 1. The molecule has 94 valence electrons. The van der Waals surface area contributed by atoms with Gasteiger partial charge in [-0.2, -0.15) is 0 Å². The number of hydrogen-bond donors (Lipinski definition) is 2. The summed E-state index contributed by atoms with van der Waals surface area (Å²) in [5, 5.41) is 10.6. The van der Waals surface area contributed by atoms with Crippen LogP contribution >= 0.6 is 0 Å². The van der Waals surface area contributed by atoms with Gasteiger partial charge in [0.25, 0.3) is 5.91 Å². The van der Waals surface area contributed by atoms with Crippen molar-refractivity contribution < 1.29 is 14.7 Å². The fraction of sp³-hybridized carbons (Fsp3) is 0.385. The lowest BCUT2D eigenvalue weighted by atomic mass is 10.1. The molecule has 0 atom stereocenters. The van der Waals surface area contributed by atoms with Crippen LogP contribution in [0.3, 0.4) is 0 Å². The average molecular weight is 237 g/mol. The first-order valence-corrected chi connectivity index (χ1v) is 5.57. The highest BCUT2D eigenvalue weighted by Gasteiger charge is 2.06. The van der Waals surface area contributed by atoms with E-state index in [1.807, 2.05) is 13.0 Å². The summed E-state index contributed by atoms with van der Waals surface area (Å²) in [7, 11) is 0. The highest BCUT2D eigenvalue weighted by molar-refractivity contribution is 5.95. The highest BCUT2D eigenvalue weighted by atomic mass is 16.4. The zero-order chi connectivity index (χ0) is 13.3. The zero-order valence-corrected chi connectivity index (χ0v) is 10.5. The minimum absolute atomic E-state index is 0.354. The SMILES string of the molecule is CCC.Cc1cccc(C(=O)NCC(=O)O)c1. The van der Waals surface area contributed by atoms with Gasteiger partial charge in [-0.25, -0.2) is 0 Å². The van der Waals surface area contributed by atoms with Gasteiger partial charge in [-0.3, -0.25) is 9.59 Å². The Balaban J connectivity index is 0.000000770. The van der Waals surface area contributed by atoms with Crippen LogP contribution in [0.1, 0.15) is 36.2 Å². The fourth-order valence-electron chi connectivity index (χ4n) is 1.04. The second-order valence-corrected chi connectivity index (χ2v) is 3.65. The maximum Gasteiger partial charge on any atom is 0.322 e. The fourth-order valence-corrected chi connectivity index (χ4v) is 1.04. The van der Waals surface area contributed by atoms with Gasteiger partial charge in [-0.15, -0.1) is 0 Å². The van der Waals surface area contributed by atoms with Crippen molar-refractivity contribution in [2.24, 2.45) is 0 Å². The van der Waals surface area contributed by atoms with Crippen LogP contribution in [0.2, 0.25) is 0 Å². The molecule has 1 aromatic carbocycles. The lowest BCUT2D eigenvalue weighted by molar-refractivity contribution is -0.135. The van der Waals surface area contributed by atoms with Gasteiger partial charge in [0, 0.05) is 5.56 Å². The van der Waals surface area contributed by atoms with Crippen molar-refractivity contribution in [3.05, 3.63) is 35.4 Å². The van der Waals surface area contributed by atoms with Gasteiger partial charge < -0.3 is 10.4 Å². The van der Waals surface area contributed by atoms with E-state index in [2.05, 4.69) is 19.2 Å². The van der Waals surface area contributed by atoms with Crippen LogP contribution in [-0.2, 0) is 4.79 Å². The van der Waals surface area contributed by atoms with E-state index >= 15 is 0 Å². The lowest BCUT2D eigenvalue weighted by Gasteiger charge is -2.02. The molecule has 0 aromatic heterocycles. The molecule has 4 nitrogen and oxygen atoms in total. The molecule has 0 aliphatic carbocycles. The van der Waals surface area contributed by atoms with Crippen LogP contribution in [0.4, 0.5) is 0 Å². The van der Waals surface area contributed by atoms with Crippen molar-refractivity contribution in [3.63, 3.8) is 0 Å². The van der Waals surface area contributed by atoms with E-state index in [1.165, 1.54) is 6.42 Å². The molecule has 0 unspecified atom stereocenters. The molecule has 0 spiro atoms.